The average Bonchev–Trinajstić information content (AvgIpc) is 2.84. The van der Waals surface area contributed by atoms with Crippen LogP contribution < -0.4 is 5.32 Å². The summed E-state index contributed by atoms with van der Waals surface area (Å²) in [6.45, 7) is 7.77. The molecule has 0 saturated heterocycles. The summed E-state index contributed by atoms with van der Waals surface area (Å²) in [4.78, 5) is 18.6. The number of hydrogen-bond acceptors (Lipinski definition) is 5. The highest BCUT2D eigenvalue weighted by atomic mass is 32.2. The number of thioether (sulfide) groups is 1. The fraction of sp³-hybridized carbons (Fsp3) is 0.444. The van der Waals surface area contributed by atoms with Crippen molar-refractivity contribution in [2.45, 2.75) is 53.1 Å². The number of nitrogens with one attached hydrogen (secondary N) is 1. The Morgan fingerprint density at radius 1 is 1.18 bits per heavy atom. The molecule has 1 heterocycles. The van der Waals surface area contributed by atoms with E-state index in [9.17, 15) is 4.79 Å². The highest BCUT2D eigenvalue weighted by Gasteiger charge is 2.19. The zero-order chi connectivity index (χ0) is 24.6. The topological polar surface area (TPSA) is 82.9 Å². The van der Waals surface area contributed by atoms with Crippen molar-refractivity contribution in [2.75, 3.05) is 24.7 Å². The Balaban J connectivity index is 1.66. The number of aromatic nitrogens is 1. The van der Waals surface area contributed by atoms with E-state index in [0.29, 0.717) is 31.0 Å². The third-order valence-electron chi connectivity index (χ3n) is 5.28. The fourth-order valence-corrected chi connectivity index (χ4v) is 4.33. The Kier molecular flexibility index (Phi) is 13.2. The van der Waals surface area contributed by atoms with Gasteiger partial charge in [-0.05, 0) is 49.6 Å². The summed E-state index contributed by atoms with van der Waals surface area (Å²) < 4.78 is 5.80. The number of pyridine rings is 1. The number of amides is 1. The Bertz CT molecular complexity index is 901. The molecule has 1 aromatic heterocycles. The van der Waals surface area contributed by atoms with Gasteiger partial charge < -0.3 is 15.0 Å². The summed E-state index contributed by atoms with van der Waals surface area (Å²) in [5, 5.41) is 10.0. The van der Waals surface area contributed by atoms with Crippen molar-refractivity contribution < 1.29 is 14.8 Å². The van der Waals surface area contributed by atoms with Crippen molar-refractivity contribution in [3.63, 3.8) is 0 Å². The Morgan fingerprint density at radius 3 is 2.59 bits per heavy atom. The maximum absolute atomic E-state index is 12.8. The number of nitrogens with two attached hydrogens (primary N) is 1. The normalized spacial score (nSPS) is 11.4. The van der Waals surface area contributed by atoms with Crippen LogP contribution in [0, 0.1) is 5.41 Å². The quantitative estimate of drug-likeness (QED) is 0.268. The highest BCUT2D eigenvalue weighted by molar-refractivity contribution is 7.99. The lowest BCUT2D eigenvalue weighted by Gasteiger charge is -2.22. The Morgan fingerprint density at radius 2 is 1.94 bits per heavy atom. The van der Waals surface area contributed by atoms with Gasteiger partial charge in [0.2, 0.25) is 5.91 Å². The lowest BCUT2D eigenvalue weighted by Crippen LogP contribution is -2.72. The van der Waals surface area contributed by atoms with Crippen LogP contribution in [0.25, 0.3) is 0 Å². The van der Waals surface area contributed by atoms with Gasteiger partial charge in [-0.25, -0.2) is 0 Å². The maximum atomic E-state index is 12.8. The minimum absolute atomic E-state index is 0.0511. The van der Waals surface area contributed by atoms with Gasteiger partial charge in [-0.15, -0.1) is 0 Å². The van der Waals surface area contributed by atoms with Crippen molar-refractivity contribution in [1.29, 1.82) is 5.41 Å². The molecule has 0 unspecified atom stereocenters. The van der Waals surface area contributed by atoms with Crippen LogP contribution in [0.15, 0.2) is 60.7 Å². The molecular formula is C27H39N4O2S+. The Labute approximate surface area is 208 Å². The van der Waals surface area contributed by atoms with Crippen LogP contribution in [-0.2, 0) is 22.6 Å². The number of carbonyl (C=O) groups excluding carboxylic acids is 1. The molecular weight excluding hydrogens is 444 g/mol. The van der Waals surface area contributed by atoms with Crippen LogP contribution in [0.1, 0.15) is 51.2 Å². The fourth-order valence-electron chi connectivity index (χ4n) is 3.49. The SMILES string of the molecule is CCCc1ccc(COCCCSCCC(=O)N(CC)/C(=C/[NH2+]c2cccnc2)C(C)=N)cc1. The average molecular weight is 484 g/mol. The first-order chi connectivity index (χ1) is 16.5. The number of hydrogen-bond donors (Lipinski definition) is 2. The molecule has 1 amide bonds. The zero-order valence-corrected chi connectivity index (χ0v) is 21.6. The molecule has 0 bridgehead atoms. The van der Waals surface area contributed by atoms with E-state index in [0.717, 1.165) is 36.6 Å². The molecule has 0 fully saturated rings. The van der Waals surface area contributed by atoms with E-state index >= 15 is 0 Å². The van der Waals surface area contributed by atoms with E-state index in [1.165, 1.54) is 17.5 Å². The second kappa shape index (κ2) is 16.2. The monoisotopic (exact) mass is 483 g/mol. The van der Waals surface area contributed by atoms with E-state index in [2.05, 4.69) is 36.2 Å². The van der Waals surface area contributed by atoms with Crippen molar-refractivity contribution in [1.82, 2.24) is 9.88 Å². The number of nitrogens with zero attached hydrogens (tertiary/aromatic N) is 2. The van der Waals surface area contributed by atoms with Gasteiger partial charge in [0.1, 0.15) is 11.9 Å². The second-order valence-corrected chi connectivity index (χ2v) is 9.33. The number of allylic oxidation sites excluding steroid dienone is 1. The molecule has 0 atom stereocenters. The molecule has 6 nitrogen and oxygen atoms in total. The number of rotatable bonds is 16. The molecule has 34 heavy (non-hydrogen) atoms. The molecule has 0 aliphatic heterocycles. The summed E-state index contributed by atoms with van der Waals surface area (Å²) >= 11 is 1.78. The van der Waals surface area contributed by atoms with Gasteiger partial charge >= 0.3 is 0 Å². The minimum atomic E-state index is 0.0511. The molecule has 0 aliphatic rings. The summed E-state index contributed by atoms with van der Waals surface area (Å²) in [7, 11) is 0. The molecule has 184 valence electrons. The van der Waals surface area contributed by atoms with Crippen molar-refractivity contribution in [2.24, 2.45) is 0 Å². The number of benzene rings is 1. The molecule has 2 rings (SSSR count). The molecule has 0 aliphatic carbocycles. The Hall–Kier alpha value is -2.48. The molecule has 1 aromatic carbocycles. The van der Waals surface area contributed by atoms with Gasteiger partial charge in [0.05, 0.1) is 18.5 Å². The van der Waals surface area contributed by atoms with Crippen LogP contribution in [0.2, 0.25) is 0 Å². The maximum Gasteiger partial charge on any atom is 0.228 e. The van der Waals surface area contributed by atoms with Crippen molar-refractivity contribution >= 4 is 29.1 Å². The molecule has 3 N–H and O–H groups in total. The summed E-state index contributed by atoms with van der Waals surface area (Å²) in [6, 6.07) is 12.5. The van der Waals surface area contributed by atoms with Crippen LogP contribution in [0.3, 0.4) is 0 Å². The van der Waals surface area contributed by atoms with Crippen molar-refractivity contribution in [3.05, 3.63) is 71.8 Å². The van der Waals surface area contributed by atoms with E-state index < -0.39 is 0 Å². The standard InChI is InChI=1S/C27H38N4O2S/c1-4-8-23-10-12-24(13-11-23)21-33-16-7-17-34-18-14-27(32)31(5-2)26(22(3)28)20-30-25-9-6-15-29-19-25/h6,9-13,15,19-20,28,30H,4-5,7-8,14,16-18,21H2,1-3H3/p+1/b26-20+,28-22?. The van der Waals surface area contributed by atoms with E-state index in [1.54, 1.807) is 36.0 Å². The van der Waals surface area contributed by atoms with Gasteiger partial charge in [0.25, 0.3) is 0 Å². The minimum Gasteiger partial charge on any atom is -0.377 e. The number of ether oxygens (including phenoxy) is 1. The van der Waals surface area contributed by atoms with Crippen LogP contribution in [-0.4, -0.2) is 46.2 Å². The second-order valence-electron chi connectivity index (χ2n) is 8.10. The first-order valence-electron chi connectivity index (χ1n) is 12.1. The molecule has 0 saturated carbocycles. The third-order valence-corrected chi connectivity index (χ3v) is 6.35. The number of carbonyl (C=O) groups is 1. The zero-order valence-electron chi connectivity index (χ0n) is 20.8. The predicted molar refractivity (Wildman–Crippen MR) is 141 cm³/mol. The van der Waals surface area contributed by atoms with Crippen LogP contribution >= 0.6 is 11.8 Å². The largest absolute Gasteiger partial charge is 0.377 e. The van der Waals surface area contributed by atoms with Crippen LogP contribution in [0.4, 0.5) is 5.69 Å². The molecule has 0 radical (unpaired) electrons. The van der Waals surface area contributed by atoms with Gasteiger partial charge in [0.15, 0.2) is 5.69 Å². The van der Waals surface area contributed by atoms with Gasteiger partial charge in [-0.3, -0.25) is 15.1 Å². The van der Waals surface area contributed by atoms with E-state index in [4.69, 9.17) is 10.1 Å². The predicted octanol–water partition coefficient (Wildman–Crippen LogP) is 4.69. The number of aryl methyl sites for hydroxylation is 1. The van der Waals surface area contributed by atoms with Crippen LogP contribution in [0.5, 0.6) is 0 Å². The lowest BCUT2D eigenvalue weighted by atomic mass is 10.1. The molecule has 7 heteroatoms. The van der Waals surface area contributed by atoms with Gasteiger partial charge in [-0.2, -0.15) is 11.8 Å². The van der Waals surface area contributed by atoms with Gasteiger partial charge in [-0.1, -0.05) is 37.6 Å². The highest BCUT2D eigenvalue weighted by Crippen LogP contribution is 2.12. The molecule has 2 aromatic rings. The lowest BCUT2D eigenvalue weighted by molar-refractivity contribution is -0.497. The first-order valence-corrected chi connectivity index (χ1v) is 13.2. The molecule has 0 spiro atoms. The summed E-state index contributed by atoms with van der Waals surface area (Å²) in [5.41, 5.74) is 4.54. The summed E-state index contributed by atoms with van der Waals surface area (Å²) in [5.74, 6) is 1.79. The third kappa shape index (κ3) is 10.2. The van der Waals surface area contributed by atoms with Gasteiger partial charge in [0, 0.05) is 37.6 Å². The van der Waals surface area contributed by atoms with E-state index in [-0.39, 0.29) is 5.91 Å². The number of quaternary nitrogens is 1. The summed E-state index contributed by atoms with van der Waals surface area (Å²) in [6.07, 6.45) is 9.04. The van der Waals surface area contributed by atoms with Crippen molar-refractivity contribution in [3.8, 4) is 0 Å². The van der Waals surface area contributed by atoms with E-state index in [1.807, 2.05) is 30.6 Å². The smallest absolute Gasteiger partial charge is 0.228 e. The first kappa shape index (κ1) is 27.8.